The number of carbonyl (C=O) groups excluding carboxylic acids is 1. The highest BCUT2D eigenvalue weighted by atomic mass is 19.1. The molecule has 1 fully saturated rings. The van der Waals surface area contributed by atoms with E-state index in [1.807, 2.05) is 0 Å². The monoisotopic (exact) mass is 430 g/mol. The lowest BCUT2D eigenvalue weighted by Crippen LogP contribution is -2.43. The fourth-order valence-electron chi connectivity index (χ4n) is 4.29. The van der Waals surface area contributed by atoms with E-state index >= 15 is 0 Å². The van der Waals surface area contributed by atoms with Crippen molar-refractivity contribution in [3.63, 3.8) is 0 Å². The van der Waals surface area contributed by atoms with Crippen LogP contribution in [0.3, 0.4) is 0 Å². The minimum Gasteiger partial charge on any atom is -0.481 e. The third kappa shape index (κ3) is 5.95. The molecular formula is C24H28F2N2O3. The number of ketones is 1. The molecule has 0 radical (unpaired) electrons. The number of carbonyl (C=O) groups is 2. The van der Waals surface area contributed by atoms with Gasteiger partial charge in [-0.1, -0.05) is 24.3 Å². The topological polar surface area (TPSA) is 69.6 Å². The molecule has 166 valence electrons. The number of halogens is 2. The van der Waals surface area contributed by atoms with E-state index < -0.39 is 11.9 Å². The molecule has 2 unspecified atom stereocenters. The first kappa shape index (κ1) is 23.0. The van der Waals surface area contributed by atoms with Crippen molar-refractivity contribution in [1.29, 1.82) is 0 Å². The van der Waals surface area contributed by atoms with Crippen LogP contribution in [0.25, 0.3) is 0 Å². The molecule has 31 heavy (non-hydrogen) atoms. The highest BCUT2D eigenvalue weighted by Crippen LogP contribution is 2.33. The number of rotatable bonds is 8. The molecular weight excluding hydrogens is 402 g/mol. The summed E-state index contributed by atoms with van der Waals surface area (Å²) < 4.78 is 27.2. The second-order valence-electron chi connectivity index (χ2n) is 8.03. The average molecular weight is 430 g/mol. The summed E-state index contributed by atoms with van der Waals surface area (Å²) in [6.45, 7) is 3.50. The van der Waals surface area contributed by atoms with Gasteiger partial charge in [0.15, 0.2) is 0 Å². The fraction of sp³-hybridized carbons (Fsp3) is 0.417. The van der Waals surface area contributed by atoms with Crippen LogP contribution in [0.5, 0.6) is 0 Å². The van der Waals surface area contributed by atoms with Crippen LogP contribution < -0.4 is 5.32 Å². The number of hydrogen-bond donors (Lipinski definition) is 2. The van der Waals surface area contributed by atoms with E-state index in [2.05, 4.69) is 10.2 Å². The van der Waals surface area contributed by atoms with Gasteiger partial charge in [0, 0.05) is 19.1 Å². The summed E-state index contributed by atoms with van der Waals surface area (Å²) in [5.41, 5.74) is 1.75. The van der Waals surface area contributed by atoms with Gasteiger partial charge in [-0.05, 0) is 68.1 Å². The van der Waals surface area contributed by atoms with E-state index in [0.717, 1.165) is 30.6 Å². The minimum absolute atomic E-state index is 0.0381. The van der Waals surface area contributed by atoms with E-state index in [-0.39, 0.29) is 35.9 Å². The number of aliphatic carboxylic acids is 1. The molecule has 2 aromatic carbocycles. The van der Waals surface area contributed by atoms with Gasteiger partial charge in [-0.15, -0.1) is 0 Å². The lowest BCUT2D eigenvalue weighted by atomic mass is 9.92. The van der Waals surface area contributed by atoms with E-state index in [9.17, 15) is 23.5 Å². The molecule has 7 heteroatoms. The van der Waals surface area contributed by atoms with Crippen LogP contribution in [-0.4, -0.2) is 47.4 Å². The smallest absolute Gasteiger partial charge is 0.314 e. The third-order valence-electron chi connectivity index (χ3n) is 5.90. The van der Waals surface area contributed by atoms with Crippen LogP contribution in [0.4, 0.5) is 8.78 Å². The van der Waals surface area contributed by atoms with Crippen LogP contribution >= 0.6 is 0 Å². The lowest BCUT2D eigenvalue weighted by molar-refractivity contribution is -0.146. The summed E-state index contributed by atoms with van der Waals surface area (Å²) >= 11 is 0. The van der Waals surface area contributed by atoms with Gasteiger partial charge in [0.05, 0.1) is 6.04 Å². The Bertz CT molecular complexity index is 827. The summed E-state index contributed by atoms with van der Waals surface area (Å²) in [7, 11) is 0. The van der Waals surface area contributed by atoms with Crippen LogP contribution in [0, 0.1) is 17.6 Å². The van der Waals surface area contributed by atoms with E-state index in [1.54, 1.807) is 24.3 Å². The van der Waals surface area contributed by atoms with E-state index in [1.165, 1.54) is 31.2 Å². The molecule has 2 N–H and O–H groups in total. The van der Waals surface area contributed by atoms with Crippen LogP contribution in [0.1, 0.15) is 43.4 Å². The van der Waals surface area contributed by atoms with Gasteiger partial charge >= 0.3 is 5.97 Å². The van der Waals surface area contributed by atoms with Gasteiger partial charge in [0.1, 0.15) is 23.3 Å². The molecule has 0 saturated carbocycles. The van der Waals surface area contributed by atoms with Crippen molar-refractivity contribution in [2.75, 3.05) is 19.6 Å². The lowest BCUT2D eigenvalue weighted by Gasteiger charge is -2.38. The Labute approximate surface area is 181 Å². The standard InChI is InChI=1S/C24H28F2N2O3/c1-16(29)22(24(30)31)12-11-21-15-27-13-2-14-28(21)23(17-3-7-19(25)8-4-17)18-5-9-20(26)10-6-18/h3-10,21-23,27H,2,11-15H2,1H3,(H,30,31). The normalized spacial score (nSPS) is 18.5. The molecule has 3 rings (SSSR count). The average Bonchev–Trinajstić information content (AvgIpc) is 2.96. The number of nitrogens with zero attached hydrogens (tertiary/aromatic N) is 1. The largest absolute Gasteiger partial charge is 0.481 e. The van der Waals surface area contributed by atoms with Crippen molar-refractivity contribution in [2.24, 2.45) is 5.92 Å². The number of benzene rings is 2. The Balaban J connectivity index is 1.94. The summed E-state index contributed by atoms with van der Waals surface area (Å²) in [5, 5.41) is 12.8. The third-order valence-corrected chi connectivity index (χ3v) is 5.90. The molecule has 5 nitrogen and oxygen atoms in total. The maximum atomic E-state index is 13.6. The van der Waals surface area contributed by atoms with Gasteiger partial charge in [-0.3, -0.25) is 14.5 Å². The molecule has 0 bridgehead atoms. The Kier molecular flexibility index (Phi) is 7.87. The second kappa shape index (κ2) is 10.6. The van der Waals surface area contributed by atoms with Crippen LogP contribution in [-0.2, 0) is 9.59 Å². The first-order valence-corrected chi connectivity index (χ1v) is 10.6. The number of carboxylic acid groups (broad SMARTS) is 1. The van der Waals surface area contributed by atoms with Crippen molar-refractivity contribution >= 4 is 11.8 Å². The van der Waals surface area contributed by atoms with Crippen molar-refractivity contribution in [3.8, 4) is 0 Å². The maximum absolute atomic E-state index is 13.6. The predicted molar refractivity (Wildman–Crippen MR) is 114 cm³/mol. The summed E-state index contributed by atoms with van der Waals surface area (Å²) in [4.78, 5) is 25.5. The summed E-state index contributed by atoms with van der Waals surface area (Å²) in [6, 6.07) is 12.3. The Hall–Kier alpha value is -2.64. The first-order chi connectivity index (χ1) is 14.9. The Morgan fingerprint density at radius 1 is 1.06 bits per heavy atom. The second-order valence-corrected chi connectivity index (χ2v) is 8.03. The number of hydrogen-bond acceptors (Lipinski definition) is 4. The zero-order chi connectivity index (χ0) is 22.4. The SMILES string of the molecule is CC(=O)C(CCC1CNCCCN1C(c1ccc(F)cc1)c1ccc(F)cc1)C(=O)O. The number of Topliss-reactive ketones (excluding diaryl/α,β-unsaturated/α-hetero) is 1. The molecule has 1 aliphatic rings. The van der Waals surface area contributed by atoms with Gasteiger partial charge < -0.3 is 10.4 Å². The molecule has 1 aliphatic heterocycles. The highest BCUT2D eigenvalue weighted by Gasteiger charge is 2.32. The van der Waals surface area contributed by atoms with Crippen LogP contribution in [0.15, 0.2) is 48.5 Å². The molecule has 0 aromatic heterocycles. The summed E-state index contributed by atoms with van der Waals surface area (Å²) in [5.74, 6) is -3.15. The molecule has 0 spiro atoms. The van der Waals surface area contributed by atoms with Crippen molar-refractivity contribution in [3.05, 3.63) is 71.3 Å². The van der Waals surface area contributed by atoms with Crippen molar-refractivity contribution < 1.29 is 23.5 Å². The van der Waals surface area contributed by atoms with Gasteiger partial charge in [-0.2, -0.15) is 0 Å². The highest BCUT2D eigenvalue weighted by molar-refractivity contribution is 5.96. The number of nitrogens with one attached hydrogen (secondary N) is 1. The molecule has 2 aromatic rings. The van der Waals surface area contributed by atoms with Gasteiger partial charge in [0.25, 0.3) is 0 Å². The molecule has 1 saturated heterocycles. The minimum atomic E-state index is -1.10. The quantitative estimate of drug-likeness (QED) is 0.624. The molecule has 2 atom stereocenters. The Morgan fingerprint density at radius 3 is 2.10 bits per heavy atom. The van der Waals surface area contributed by atoms with Crippen molar-refractivity contribution in [1.82, 2.24) is 10.2 Å². The molecule has 0 aliphatic carbocycles. The Morgan fingerprint density at radius 2 is 1.61 bits per heavy atom. The zero-order valence-corrected chi connectivity index (χ0v) is 17.6. The van der Waals surface area contributed by atoms with Gasteiger partial charge in [0.2, 0.25) is 0 Å². The number of carboxylic acids is 1. The molecule has 0 amide bonds. The zero-order valence-electron chi connectivity index (χ0n) is 17.6. The molecule has 1 heterocycles. The predicted octanol–water partition coefficient (Wildman–Crippen LogP) is 3.79. The van der Waals surface area contributed by atoms with Crippen molar-refractivity contribution in [2.45, 2.75) is 38.3 Å². The maximum Gasteiger partial charge on any atom is 0.314 e. The van der Waals surface area contributed by atoms with E-state index in [4.69, 9.17) is 0 Å². The summed E-state index contributed by atoms with van der Waals surface area (Å²) in [6.07, 6.45) is 1.64. The fourth-order valence-corrected chi connectivity index (χ4v) is 4.29. The van der Waals surface area contributed by atoms with E-state index in [0.29, 0.717) is 13.0 Å². The van der Waals surface area contributed by atoms with Gasteiger partial charge in [-0.25, -0.2) is 8.78 Å². The first-order valence-electron chi connectivity index (χ1n) is 10.6. The van der Waals surface area contributed by atoms with Crippen LogP contribution in [0.2, 0.25) is 0 Å².